The third-order valence-electron chi connectivity index (χ3n) is 4.96. The maximum atomic E-state index is 12.6. The van der Waals surface area contributed by atoms with Crippen molar-refractivity contribution in [3.8, 4) is 0 Å². The molecule has 1 atom stereocenters. The number of alkyl carbamates (subject to hydrolysis) is 1. The van der Waals surface area contributed by atoms with Crippen molar-refractivity contribution in [2.45, 2.75) is 58.3 Å². The topological polar surface area (TPSA) is 167 Å². The van der Waals surface area contributed by atoms with Gasteiger partial charge in [0.2, 0.25) is 5.91 Å². The molecule has 5 N–H and O–H groups in total. The quantitative estimate of drug-likeness (QED) is 0.285. The van der Waals surface area contributed by atoms with Gasteiger partial charge in [0.15, 0.2) is 5.82 Å². The van der Waals surface area contributed by atoms with Crippen LogP contribution in [0.2, 0.25) is 0 Å². The van der Waals surface area contributed by atoms with Gasteiger partial charge in [-0.25, -0.2) is 9.48 Å². The Morgan fingerprint density at radius 2 is 2.03 bits per heavy atom. The summed E-state index contributed by atoms with van der Waals surface area (Å²) in [6.45, 7) is 6.36. The second-order valence-electron chi connectivity index (χ2n) is 8.44. The van der Waals surface area contributed by atoms with Crippen molar-refractivity contribution in [1.29, 1.82) is 0 Å². The highest BCUT2D eigenvalue weighted by Crippen LogP contribution is 2.14. The Hall–Kier alpha value is -3.09. The zero-order valence-corrected chi connectivity index (χ0v) is 20.0. The zero-order valence-electron chi connectivity index (χ0n) is 20.0. The number of aliphatic hydroxyl groups is 1. The summed E-state index contributed by atoms with van der Waals surface area (Å²) in [4.78, 5) is 24.3. The lowest BCUT2D eigenvalue weighted by Gasteiger charge is -2.24. The Morgan fingerprint density at radius 1 is 1.26 bits per heavy atom. The molecule has 1 heterocycles. The molecule has 0 aliphatic carbocycles. The monoisotopic (exact) mass is 477 g/mol. The minimum absolute atomic E-state index is 0.0248. The molecule has 0 radical (unpaired) electrons. The molecule has 1 aromatic heterocycles. The number of ether oxygens (including phenoxy) is 2. The van der Waals surface area contributed by atoms with Gasteiger partial charge in [-0.15, -0.1) is 5.10 Å². The number of unbranched alkanes of at least 4 members (excludes halogenated alkanes) is 1. The summed E-state index contributed by atoms with van der Waals surface area (Å²) in [5, 5.41) is 25.9. The Labute approximate surface area is 199 Å². The van der Waals surface area contributed by atoms with Crippen LogP contribution in [0.15, 0.2) is 24.3 Å². The van der Waals surface area contributed by atoms with Gasteiger partial charge in [-0.05, 0) is 55.2 Å². The van der Waals surface area contributed by atoms with Gasteiger partial charge in [-0.2, -0.15) is 0 Å². The number of nitrogens with zero attached hydrogens (tertiary/aromatic N) is 4. The maximum Gasteiger partial charge on any atom is 0.407 e. The average molecular weight is 478 g/mol. The molecule has 2 aromatic rings. The predicted molar refractivity (Wildman–Crippen MR) is 123 cm³/mol. The fourth-order valence-corrected chi connectivity index (χ4v) is 2.91. The lowest BCUT2D eigenvalue weighted by molar-refractivity contribution is -0.126. The van der Waals surface area contributed by atoms with Gasteiger partial charge in [-0.1, -0.05) is 24.3 Å². The molecular weight excluding hydrogens is 442 g/mol. The molecular formula is C22H35N7O5. The Kier molecular flexibility index (Phi) is 10.8. The van der Waals surface area contributed by atoms with E-state index in [-0.39, 0.29) is 32.3 Å². The molecule has 188 valence electrons. The lowest BCUT2D eigenvalue weighted by atomic mass is 10.1. The molecule has 0 saturated carbocycles. The van der Waals surface area contributed by atoms with Crippen molar-refractivity contribution >= 4 is 12.0 Å². The van der Waals surface area contributed by atoms with E-state index in [0.29, 0.717) is 31.8 Å². The molecule has 0 spiro atoms. The van der Waals surface area contributed by atoms with E-state index < -0.39 is 17.7 Å². The van der Waals surface area contributed by atoms with Crippen molar-refractivity contribution in [3.63, 3.8) is 0 Å². The van der Waals surface area contributed by atoms with Gasteiger partial charge in [-0.3, -0.25) is 4.79 Å². The normalized spacial score (nSPS) is 12.3. The van der Waals surface area contributed by atoms with Crippen LogP contribution < -0.4 is 16.4 Å². The average Bonchev–Trinajstić information content (AvgIpc) is 3.25. The molecule has 0 saturated heterocycles. The third-order valence-corrected chi connectivity index (χ3v) is 4.96. The standard InChI is InChI=1S/C22H35N7O5/c1-16-8-4-5-9-17(16)14-33-15-18(25-20(31)22(2,3)23)19-26-27-28-29(19)11-13-34-21(32)24-10-6-7-12-30/h4-5,8-9,18,30H,6-7,10-15,23H2,1-3H3,(H,24,32)(H,25,31)/t18-/m1/s1. The van der Waals surface area contributed by atoms with E-state index in [9.17, 15) is 9.59 Å². The molecule has 1 aromatic carbocycles. The number of amides is 2. The minimum atomic E-state index is -1.11. The summed E-state index contributed by atoms with van der Waals surface area (Å²) < 4.78 is 12.5. The first-order chi connectivity index (χ1) is 16.2. The number of carbonyl (C=O) groups is 2. The number of aromatic nitrogens is 4. The van der Waals surface area contributed by atoms with Gasteiger partial charge < -0.3 is 30.9 Å². The van der Waals surface area contributed by atoms with Gasteiger partial charge in [0, 0.05) is 13.2 Å². The van der Waals surface area contributed by atoms with Crippen LogP contribution in [-0.2, 0) is 27.4 Å². The first-order valence-corrected chi connectivity index (χ1v) is 11.2. The van der Waals surface area contributed by atoms with Crippen molar-refractivity contribution in [3.05, 3.63) is 41.2 Å². The molecule has 12 heteroatoms. The SMILES string of the molecule is Cc1ccccc1COC[C@@H](NC(=O)C(C)(C)N)c1nnnn1CCOC(=O)NCCCCO. The van der Waals surface area contributed by atoms with Crippen LogP contribution in [0.5, 0.6) is 0 Å². The predicted octanol–water partition coefficient (Wildman–Crippen LogP) is 0.592. The number of aliphatic hydroxyl groups excluding tert-OH is 1. The zero-order chi connectivity index (χ0) is 25.0. The summed E-state index contributed by atoms with van der Waals surface area (Å²) in [6.07, 6.45) is 0.695. The summed E-state index contributed by atoms with van der Waals surface area (Å²) >= 11 is 0. The first kappa shape index (κ1) is 27.2. The van der Waals surface area contributed by atoms with Crippen LogP contribution >= 0.6 is 0 Å². The Morgan fingerprint density at radius 3 is 2.74 bits per heavy atom. The Balaban J connectivity index is 1.99. The summed E-state index contributed by atoms with van der Waals surface area (Å²) in [5.74, 6) is -0.0283. The van der Waals surface area contributed by atoms with E-state index in [0.717, 1.165) is 11.1 Å². The molecule has 0 aliphatic rings. The molecule has 0 fully saturated rings. The van der Waals surface area contributed by atoms with E-state index in [1.165, 1.54) is 4.68 Å². The number of hydrogen-bond donors (Lipinski definition) is 4. The molecule has 0 bridgehead atoms. The molecule has 2 amide bonds. The van der Waals surface area contributed by atoms with Crippen LogP contribution in [0.1, 0.15) is 49.7 Å². The minimum Gasteiger partial charge on any atom is -0.448 e. The van der Waals surface area contributed by atoms with Crippen molar-refractivity contribution in [1.82, 2.24) is 30.8 Å². The van der Waals surface area contributed by atoms with Crippen LogP contribution in [0.3, 0.4) is 0 Å². The summed E-state index contributed by atoms with van der Waals surface area (Å²) in [5.41, 5.74) is 6.97. The van der Waals surface area contributed by atoms with Gasteiger partial charge >= 0.3 is 6.09 Å². The fraction of sp³-hybridized carbons (Fsp3) is 0.591. The van der Waals surface area contributed by atoms with Crippen molar-refractivity contribution in [2.75, 3.05) is 26.4 Å². The smallest absolute Gasteiger partial charge is 0.407 e. The lowest BCUT2D eigenvalue weighted by Crippen LogP contribution is -2.51. The number of tetrazole rings is 1. The van der Waals surface area contributed by atoms with Crippen LogP contribution in [-0.4, -0.2) is 69.2 Å². The van der Waals surface area contributed by atoms with Gasteiger partial charge in [0.25, 0.3) is 0 Å². The molecule has 0 unspecified atom stereocenters. The molecule has 12 nitrogen and oxygen atoms in total. The number of benzene rings is 1. The number of nitrogens with two attached hydrogens (primary N) is 1. The van der Waals surface area contributed by atoms with E-state index in [4.69, 9.17) is 20.3 Å². The van der Waals surface area contributed by atoms with Crippen molar-refractivity contribution in [2.24, 2.45) is 5.73 Å². The van der Waals surface area contributed by atoms with E-state index in [2.05, 4.69) is 26.2 Å². The highest BCUT2D eigenvalue weighted by molar-refractivity contribution is 5.85. The van der Waals surface area contributed by atoms with Crippen LogP contribution in [0.25, 0.3) is 0 Å². The number of rotatable bonds is 14. The molecule has 34 heavy (non-hydrogen) atoms. The third kappa shape index (κ3) is 9.04. The van der Waals surface area contributed by atoms with Gasteiger partial charge in [0.05, 0.1) is 25.3 Å². The fourth-order valence-electron chi connectivity index (χ4n) is 2.91. The maximum absolute atomic E-state index is 12.6. The first-order valence-electron chi connectivity index (χ1n) is 11.2. The number of hydrogen-bond acceptors (Lipinski definition) is 9. The summed E-state index contributed by atoms with van der Waals surface area (Å²) in [7, 11) is 0. The highest BCUT2D eigenvalue weighted by Gasteiger charge is 2.28. The van der Waals surface area contributed by atoms with E-state index in [1.54, 1.807) is 13.8 Å². The second kappa shape index (κ2) is 13.6. The van der Waals surface area contributed by atoms with Gasteiger partial charge in [0.1, 0.15) is 12.6 Å². The molecule has 0 aliphatic heterocycles. The highest BCUT2D eigenvalue weighted by atomic mass is 16.5. The largest absolute Gasteiger partial charge is 0.448 e. The second-order valence-corrected chi connectivity index (χ2v) is 8.44. The molecule has 2 rings (SSSR count). The number of carbonyl (C=O) groups excluding carboxylic acids is 2. The Bertz CT molecular complexity index is 913. The van der Waals surface area contributed by atoms with E-state index in [1.807, 2.05) is 31.2 Å². The summed E-state index contributed by atoms with van der Waals surface area (Å²) in [6, 6.07) is 7.20. The number of nitrogens with one attached hydrogen (secondary N) is 2. The number of aryl methyl sites for hydroxylation is 1. The van der Waals surface area contributed by atoms with Crippen LogP contribution in [0, 0.1) is 6.92 Å². The van der Waals surface area contributed by atoms with E-state index >= 15 is 0 Å². The van der Waals surface area contributed by atoms with Crippen molar-refractivity contribution < 1.29 is 24.2 Å². The van der Waals surface area contributed by atoms with Crippen LogP contribution in [0.4, 0.5) is 4.79 Å².